The van der Waals surface area contributed by atoms with Crippen LogP contribution >= 0.6 is 22.7 Å². The van der Waals surface area contributed by atoms with E-state index in [1.807, 2.05) is 28.5 Å². The van der Waals surface area contributed by atoms with Crippen LogP contribution in [0.1, 0.15) is 17.1 Å². The Morgan fingerprint density at radius 1 is 1.10 bits per heavy atom. The lowest BCUT2D eigenvalue weighted by Crippen LogP contribution is -2.48. The van der Waals surface area contributed by atoms with Gasteiger partial charge in [0.1, 0.15) is 0 Å². The van der Waals surface area contributed by atoms with Crippen LogP contribution in [-0.2, 0) is 17.8 Å². The monoisotopic (exact) mass is 439 g/mol. The lowest BCUT2D eigenvalue weighted by Gasteiger charge is -2.34. The minimum Gasteiger partial charge on any atom is -0.340 e. The van der Waals surface area contributed by atoms with Gasteiger partial charge in [-0.1, -0.05) is 12.1 Å². The molecule has 0 bridgehead atoms. The molecule has 30 heavy (non-hydrogen) atoms. The Morgan fingerprint density at radius 3 is 2.77 bits per heavy atom. The molecule has 0 aliphatic carbocycles. The third-order valence-electron chi connectivity index (χ3n) is 5.36. The molecule has 0 unspecified atom stereocenters. The van der Waals surface area contributed by atoms with E-state index < -0.39 is 0 Å². The maximum atomic E-state index is 12.6. The second-order valence-electron chi connectivity index (χ2n) is 7.37. The average molecular weight is 440 g/mol. The predicted octanol–water partition coefficient (Wildman–Crippen LogP) is 2.64. The standard InChI is InChI=1S/C21H21N5O2S2/c27-19(6-5-18-23-16-3-1-2-4-17(16)30-18)25-9-7-24(8-10-25)14-15-13-20(28)26-11-12-29-21(26)22-15/h1-4,11-13H,5-10,14H2. The summed E-state index contributed by atoms with van der Waals surface area (Å²) in [5.74, 6) is 0.185. The maximum absolute atomic E-state index is 12.6. The van der Waals surface area contributed by atoms with Crippen molar-refractivity contribution in [3.8, 4) is 0 Å². The van der Waals surface area contributed by atoms with Crippen LogP contribution in [0, 0.1) is 0 Å². The van der Waals surface area contributed by atoms with Crippen molar-refractivity contribution in [3.63, 3.8) is 0 Å². The summed E-state index contributed by atoms with van der Waals surface area (Å²) >= 11 is 3.13. The molecule has 0 N–H and O–H groups in total. The molecular formula is C21H21N5O2S2. The Bertz CT molecular complexity index is 1220. The number of rotatable bonds is 5. The number of nitrogens with zero attached hydrogens (tertiary/aromatic N) is 5. The molecule has 7 nitrogen and oxygen atoms in total. The molecule has 0 radical (unpaired) electrons. The molecule has 3 aromatic heterocycles. The van der Waals surface area contributed by atoms with Crippen LogP contribution in [0.15, 0.2) is 46.7 Å². The third kappa shape index (κ3) is 4.00. The number of fused-ring (bicyclic) bond motifs is 2. The topological polar surface area (TPSA) is 70.8 Å². The van der Waals surface area contributed by atoms with Crippen molar-refractivity contribution >= 4 is 43.8 Å². The van der Waals surface area contributed by atoms with Gasteiger partial charge in [-0.25, -0.2) is 9.97 Å². The van der Waals surface area contributed by atoms with Gasteiger partial charge in [0.25, 0.3) is 5.56 Å². The highest BCUT2D eigenvalue weighted by Crippen LogP contribution is 2.22. The highest BCUT2D eigenvalue weighted by molar-refractivity contribution is 7.18. The number of piperazine rings is 1. The molecule has 0 saturated carbocycles. The van der Waals surface area contributed by atoms with Crippen molar-refractivity contribution in [2.75, 3.05) is 26.2 Å². The van der Waals surface area contributed by atoms with Crippen molar-refractivity contribution in [2.24, 2.45) is 0 Å². The van der Waals surface area contributed by atoms with Crippen molar-refractivity contribution in [1.29, 1.82) is 0 Å². The van der Waals surface area contributed by atoms with Gasteiger partial charge in [-0.05, 0) is 12.1 Å². The molecule has 0 spiro atoms. The molecule has 1 aliphatic heterocycles. The summed E-state index contributed by atoms with van der Waals surface area (Å²) in [5, 5.41) is 2.89. The molecule has 5 rings (SSSR count). The van der Waals surface area contributed by atoms with Gasteiger partial charge in [-0.15, -0.1) is 22.7 Å². The molecular weight excluding hydrogens is 418 g/mol. The molecule has 1 fully saturated rings. The van der Waals surface area contributed by atoms with E-state index in [2.05, 4.69) is 20.9 Å². The number of hydrogen-bond donors (Lipinski definition) is 0. The fourth-order valence-electron chi connectivity index (χ4n) is 3.75. The Morgan fingerprint density at radius 2 is 1.93 bits per heavy atom. The van der Waals surface area contributed by atoms with Crippen molar-refractivity contribution in [2.45, 2.75) is 19.4 Å². The van der Waals surface area contributed by atoms with Crippen molar-refractivity contribution in [1.82, 2.24) is 24.2 Å². The number of thiazole rings is 2. The molecule has 4 heterocycles. The number of aromatic nitrogens is 3. The zero-order valence-electron chi connectivity index (χ0n) is 16.4. The second-order valence-corrected chi connectivity index (χ2v) is 9.36. The fraction of sp³-hybridized carbons (Fsp3) is 0.333. The molecule has 1 saturated heterocycles. The normalized spacial score (nSPS) is 15.3. The largest absolute Gasteiger partial charge is 0.340 e. The Hall–Kier alpha value is -2.62. The second kappa shape index (κ2) is 8.25. The highest BCUT2D eigenvalue weighted by atomic mass is 32.1. The van der Waals surface area contributed by atoms with Crippen LogP contribution in [0.25, 0.3) is 15.2 Å². The van der Waals surface area contributed by atoms with Gasteiger partial charge in [0, 0.05) is 63.2 Å². The number of benzene rings is 1. The zero-order chi connectivity index (χ0) is 20.5. The van der Waals surface area contributed by atoms with Crippen LogP contribution in [0.5, 0.6) is 0 Å². The lowest BCUT2D eigenvalue weighted by molar-refractivity contribution is -0.133. The van der Waals surface area contributed by atoms with E-state index in [1.165, 1.54) is 16.0 Å². The quantitative estimate of drug-likeness (QED) is 0.478. The van der Waals surface area contributed by atoms with E-state index in [0.717, 1.165) is 34.3 Å². The Kier molecular flexibility index (Phi) is 5.32. The van der Waals surface area contributed by atoms with Gasteiger partial charge in [0.05, 0.1) is 20.9 Å². The predicted molar refractivity (Wildman–Crippen MR) is 119 cm³/mol. The summed E-state index contributed by atoms with van der Waals surface area (Å²) in [4.78, 5) is 38.9. The van der Waals surface area contributed by atoms with Crippen LogP contribution in [-0.4, -0.2) is 56.3 Å². The number of aryl methyl sites for hydroxylation is 1. The van der Waals surface area contributed by atoms with E-state index >= 15 is 0 Å². The summed E-state index contributed by atoms with van der Waals surface area (Å²) in [6.07, 6.45) is 2.93. The van der Waals surface area contributed by atoms with Crippen molar-refractivity contribution < 1.29 is 4.79 Å². The molecule has 1 amide bonds. The van der Waals surface area contributed by atoms with E-state index in [9.17, 15) is 9.59 Å². The molecule has 154 valence electrons. The number of carbonyl (C=O) groups excluding carboxylic acids is 1. The maximum Gasteiger partial charge on any atom is 0.258 e. The van der Waals surface area contributed by atoms with Crippen LogP contribution < -0.4 is 5.56 Å². The fourth-order valence-corrected chi connectivity index (χ4v) is 5.46. The smallest absolute Gasteiger partial charge is 0.258 e. The molecule has 1 aromatic carbocycles. The van der Waals surface area contributed by atoms with E-state index in [0.29, 0.717) is 32.5 Å². The minimum atomic E-state index is -0.0417. The van der Waals surface area contributed by atoms with Crippen LogP contribution in [0.4, 0.5) is 0 Å². The first-order valence-corrected chi connectivity index (χ1v) is 11.7. The molecule has 4 aromatic rings. The van der Waals surface area contributed by atoms with E-state index in [1.54, 1.807) is 28.0 Å². The van der Waals surface area contributed by atoms with E-state index in [4.69, 9.17) is 0 Å². The van der Waals surface area contributed by atoms with Gasteiger partial charge in [-0.2, -0.15) is 0 Å². The summed E-state index contributed by atoms with van der Waals surface area (Å²) in [6, 6.07) is 9.68. The molecule has 9 heteroatoms. The van der Waals surface area contributed by atoms with Gasteiger partial charge >= 0.3 is 0 Å². The summed E-state index contributed by atoms with van der Waals surface area (Å²) in [6.45, 7) is 3.63. The number of hydrogen-bond acceptors (Lipinski definition) is 7. The average Bonchev–Trinajstić information content (AvgIpc) is 3.39. The first-order chi connectivity index (χ1) is 14.7. The minimum absolute atomic E-state index is 0.0417. The SMILES string of the molecule is O=C(CCc1nc2ccccc2s1)N1CCN(Cc2cc(=O)n3ccsc3n2)CC1. The Balaban J connectivity index is 1.14. The van der Waals surface area contributed by atoms with Crippen LogP contribution in [0.2, 0.25) is 0 Å². The number of para-hydroxylation sites is 1. The molecule has 0 atom stereocenters. The van der Waals surface area contributed by atoms with Gasteiger partial charge in [-0.3, -0.25) is 18.9 Å². The third-order valence-corrected chi connectivity index (χ3v) is 7.21. The lowest BCUT2D eigenvalue weighted by atomic mass is 10.2. The summed E-state index contributed by atoms with van der Waals surface area (Å²) in [7, 11) is 0. The number of amides is 1. The molecule has 1 aliphatic rings. The van der Waals surface area contributed by atoms with E-state index in [-0.39, 0.29) is 11.5 Å². The Labute approximate surface area is 181 Å². The zero-order valence-corrected chi connectivity index (χ0v) is 18.0. The number of carbonyl (C=O) groups is 1. The first-order valence-electron chi connectivity index (χ1n) is 9.96. The highest BCUT2D eigenvalue weighted by Gasteiger charge is 2.22. The van der Waals surface area contributed by atoms with Gasteiger partial charge < -0.3 is 4.90 Å². The first kappa shape index (κ1) is 19.3. The van der Waals surface area contributed by atoms with Gasteiger partial charge in [0.15, 0.2) is 4.96 Å². The summed E-state index contributed by atoms with van der Waals surface area (Å²) < 4.78 is 2.73. The van der Waals surface area contributed by atoms with Gasteiger partial charge in [0.2, 0.25) is 5.91 Å². The van der Waals surface area contributed by atoms with Crippen molar-refractivity contribution in [3.05, 3.63) is 63.0 Å². The summed E-state index contributed by atoms with van der Waals surface area (Å²) in [5.41, 5.74) is 1.76. The van der Waals surface area contributed by atoms with Crippen LogP contribution in [0.3, 0.4) is 0 Å².